The summed E-state index contributed by atoms with van der Waals surface area (Å²) in [7, 11) is 1.34. The third kappa shape index (κ3) is 4.01. The molecule has 0 fully saturated rings. The smallest absolute Gasteiger partial charge is 0.336 e. The highest BCUT2D eigenvalue weighted by Crippen LogP contribution is 2.48. The Labute approximate surface area is 242 Å². The van der Waals surface area contributed by atoms with Crippen molar-refractivity contribution in [3.05, 3.63) is 114 Å². The number of allylic oxidation sites excluding steroid dienone is 1. The maximum Gasteiger partial charge on any atom is 0.336 e. The molecule has 0 bridgehead atoms. The number of nitrogens with zero attached hydrogens (tertiary/aromatic N) is 2. The molecule has 5 aromatic rings. The van der Waals surface area contributed by atoms with Crippen LogP contribution < -0.4 is 17.0 Å². The number of aryl methyl sites for hydroxylation is 1. The lowest BCUT2D eigenvalue weighted by molar-refractivity contribution is -0.119. The van der Waals surface area contributed by atoms with Crippen LogP contribution in [-0.4, -0.2) is 25.1 Å². The number of nitrogens with two attached hydrogens (primary N) is 1. The molecule has 3 aromatic carbocycles. The topological polar surface area (TPSA) is 123 Å². The van der Waals surface area contributed by atoms with Gasteiger partial charge in [0, 0.05) is 46.8 Å². The van der Waals surface area contributed by atoms with Crippen LogP contribution in [0.1, 0.15) is 48.6 Å². The molecule has 0 unspecified atom stereocenters. The van der Waals surface area contributed by atoms with E-state index in [0.29, 0.717) is 27.7 Å². The largest absolute Gasteiger partial charge is 0.386 e. The van der Waals surface area contributed by atoms with Gasteiger partial charge in [0.2, 0.25) is 5.91 Å². The van der Waals surface area contributed by atoms with E-state index in [1.807, 2.05) is 0 Å². The Balaban J connectivity index is 1.64. The third-order valence-corrected chi connectivity index (χ3v) is 8.25. The summed E-state index contributed by atoms with van der Waals surface area (Å²) in [6.07, 6.45) is -0.333. The number of aromatic nitrogens is 3. The van der Waals surface area contributed by atoms with Crippen molar-refractivity contribution in [2.75, 3.05) is 0 Å². The summed E-state index contributed by atoms with van der Waals surface area (Å²) in [5.41, 5.74) is 4.86. The van der Waals surface area contributed by atoms with Crippen molar-refractivity contribution < 1.29 is 18.7 Å². The molecule has 4 N–H and O–H groups in total. The van der Waals surface area contributed by atoms with Gasteiger partial charge in [-0.2, -0.15) is 0 Å². The van der Waals surface area contributed by atoms with E-state index in [9.17, 15) is 23.9 Å². The molecule has 0 saturated carbocycles. The van der Waals surface area contributed by atoms with Crippen LogP contribution in [-0.2, 0) is 17.4 Å². The van der Waals surface area contributed by atoms with Crippen LogP contribution in [0.3, 0.4) is 0 Å². The van der Waals surface area contributed by atoms with Gasteiger partial charge in [0.25, 0.3) is 5.56 Å². The number of hydrogen-bond acceptors (Lipinski definition) is 4. The Morgan fingerprint density at radius 2 is 1.81 bits per heavy atom. The fraction of sp³-hybridized carbons (Fsp3) is 0.194. The Kier molecular flexibility index (Phi) is 6.25. The number of H-pyrrole nitrogens is 1. The van der Waals surface area contributed by atoms with Gasteiger partial charge in [0.05, 0.1) is 33.1 Å². The van der Waals surface area contributed by atoms with Crippen molar-refractivity contribution in [1.82, 2.24) is 14.1 Å². The third-order valence-electron chi connectivity index (χ3n) is 7.85. The first-order valence-electron chi connectivity index (χ1n) is 13.1. The number of aliphatic hydroxyl groups is 1. The number of halogens is 3. The highest BCUT2D eigenvalue weighted by Gasteiger charge is 2.36. The van der Waals surface area contributed by atoms with E-state index in [2.05, 4.69) is 4.98 Å². The maximum atomic E-state index is 16.1. The lowest BCUT2D eigenvalue weighted by Crippen LogP contribution is -2.38. The van der Waals surface area contributed by atoms with Gasteiger partial charge in [0.15, 0.2) is 0 Å². The number of rotatable bonds is 4. The van der Waals surface area contributed by atoms with Crippen LogP contribution in [0.4, 0.5) is 8.78 Å². The fourth-order valence-electron chi connectivity index (χ4n) is 5.75. The summed E-state index contributed by atoms with van der Waals surface area (Å²) in [5, 5.41) is 11.0. The van der Waals surface area contributed by atoms with Gasteiger partial charge in [-0.25, -0.2) is 18.1 Å². The Bertz CT molecular complexity index is 2140. The molecule has 42 heavy (non-hydrogen) atoms. The summed E-state index contributed by atoms with van der Waals surface area (Å²) >= 11 is 6.87. The minimum Gasteiger partial charge on any atom is -0.386 e. The zero-order valence-corrected chi connectivity index (χ0v) is 23.5. The quantitative estimate of drug-likeness (QED) is 0.276. The van der Waals surface area contributed by atoms with Crippen LogP contribution in [0.25, 0.3) is 33.1 Å². The molecule has 0 aliphatic heterocycles. The molecule has 2 aromatic heterocycles. The molecule has 0 spiro atoms. The molecule has 8 nitrogen and oxygen atoms in total. The predicted molar refractivity (Wildman–Crippen MR) is 157 cm³/mol. The van der Waals surface area contributed by atoms with Crippen LogP contribution in [0.5, 0.6) is 0 Å². The summed E-state index contributed by atoms with van der Waals surface area (Å²) < 4.78 is 32.5. The summed E-state index contributed by atoms with van der Waals surface area (Å²) in [4.78, 5) is 42.4. The van der Waals surface area contributed by atoms with Crippen LogP contribution in [0, 0.1) is 5.82 Å². The van der Waals surface area contributed by atoms with E-state index in [1.54, 1.807) is 38.1 Å². The molecule has 1 amide bonds. The van der Waals surface area contributed by atoms with Gasteiger partial charge in [0.1, 0.15) is 11.6 Å². The second kappa shape index (κ2) is 9.50. The monoisotopic (exact) mass is 590 g/mol. The SMILES string of the molecule is Cn1c(=O)n(-c2cccc(C3=C(F)C[C@H](C(N)=O)c4[nH]c5cc(C(C)(C)O)ccc5c43)c2Cl)c(=O)c2cccc(F)c21. The van der Waals surface area contributed by atoms with Crippen molar-refractivity contribution in [2.24, 2.45) is 12.8 Å². The standard InChI is InChI=1S/C31H25ClF2N4O4/c1-31(2,42)14-10-11-15-21(12-14)36-26-18(28(35)39)13-20(34)23(24(15)26)16-6-5-9-22(25(16)32)38-29(40)17-7-4-8-19(33)27(17)37(3)30(38)41/h4-12,18,36,42H,13H2,1-3H3,(H2,35,39)/t18-/m0/s1. The Hall–Kier alpha value is -4.54. The summed E-state index contributed by atoms with van der Waals surface area (Å²) in [6.45, 7) is 3.26. The van der Waals surface area contributed by atoms with Gasteiger partial charge in [-0.1, -0.05) is 41.9 Å². The molecular formula is C31H25ClF2N4O4. The average Bonchev–Trinajstić information content (AvgIpc) is 3.30. The Morgan fingerprint density at radius 3 is 2.50 bits per heavy atom. The normalized spacial score (nSPS) is 15.5. The van der Waals surface area contributed by atoms with Gasteiger partial charge < -0.3 is 15.8 Å². The number of benzene rings is 3. The van der Waals surface area contributed by atoms with E-state index >= 15 is 4.39 Å². The van der Waals surface area contributed by atoms with E-state index in [4.69, 9.17) is 17.3 Å². The lowest BCUT2D eigenvalue weighted by atomic mass is 9.82. The minimum atomic E-state index is -1.16. The van der Waals surface area contributed by atoms with Crippen molar-refractivity contribution in [2.45, 2.75) is 31.8 Å². The Morgan fingerprint density at radius 1 is 1.10 bits per heavy atom. The molecular weight excluding hydrogens is 566 g/mol. The number of nitrogens with one attached hydrogen (secondary N) is 1. The van der Waals surface area contributed by atoms with Crippen LogP contribution >= 0.6 is 11.6 Å². The van der Waals surface area contributed by atoms with E-state index in [-0.39, 0.29) is 39.2 Å². The first kappa shape index (κ1) is 27.6. The van der Waals surface area contributed by atoms with E-state index < -0.39 is 40.3 Å². The second-order valence-corrected chi connectivity index (χ2v) is 11.3. The number of primary amides is 1. The number of fused-ring (bicyclic) bond motifs is 4. The molecule has 0 saturated heterocycles. The molecule has 2 heterocycles. The minimum absolute atomic E-state index is 0.0195. The first-order chi connectivity index (χ1) is 19.8. The van der Waals surface area contributed by atoms with Crippen molar-refractivity contribution >= 4 is 44.9 Å². The van der Waals surface area contributed by atoms with Crippen LogP contribution in [0.2, 0.25) is 5.02 Å². The number of hydrogen-bond donors (Lipinski definition) is 3. The number of carbonyl (C=O) groups is 1. The summed E-state index contributed by atoms with van der Waals surface area (Å²) in [5.74, 6) is -3.10. The average molecular weight is 591 g/mol. The summed E-state index contributed by atoms with van der Waals surface area (Å²) in [6, 6.07) is 13.6. The molecule has 11 heteroatoms. The number of para-hydroxylation sites is 1. The predicted octanol–water partition coefficient (Wildman–Crippen LogP) is 4.89. The van der Waals surface area contributed by atoms with Crippen molar-refractivity contribution in [3.63, 3.8) is 0 Å². The number of carbonyl (C=O) groups excluding carboxylic acids is 1. The molecule has 6 rings (SSSR count). The zero-order chi connectivity index (χ0) is 30.2. The number of aromatic amines is 1. The highest BCUT2D eigenvalue weighted by atomic mass is 35.5. The molecule has 1 aliphatic carbocycles. The van der Waals surface area contributed by atoms with Crippen molar-refractivity contribution in [3.8, 4) is 5.69 Å². The van der Waals surface area contributed by atoms with Crippen molar-refractivity contribution in [1.29, 1.82) is 0 Å². The molecule has 214 valence electrons. The zero-order valence-electron chi connectivity index (χ0n) is 22.8. The first-order valence-corrected chi connectivity index (χ1v) is 13.5. The van der Waals surface area contributed by atoms with Gasteiger partial charge in [-0.15, -0.1) is 0 Å². The van der Waals surface area contributed by atoms with Gasteiger partial charge in [-0.05, 0) is 43.7 Å². The van der Waals surface area contributed by atoms with E-state index in [0.717, 1.165) is 15.2 Å². The lowest BCUT2D eigenvalue weighted by Gasteiger charge is -2.24. The molecule has 1 aliphatic rings. The molecule has 1 atom stereocenters. The maximum absolute atomic E-state index is 16.1. The van der Waals surface area contributed by atoms with E-state index in [1.165, 1.54) is 31.3 Å². The van der Waals surface area contributed by atoms with Gasteiger partial charge in [-0.3, -0.25) is 14.2 Å². The second-order valence-electron chi connectivity index (χ2n) is 10.9. The van der Waals surface area contributed by atoms with Crippen LogP contribution in [0.15, 0.2) is 70.0 Å². The van der Waals surface area contributed by atoms with Gasteiger partial charge >= 0.3 is 5.69 Å². The number of amides is 1. The highest BCUT2D eigenvalue weighted by molar-refractivity contribution is 6.34. The fourth-order valence-corrected chi connectivity index (χ4v) is 6.06. The molecule has 0 radical (unpaired) electrons.